The maximum absolute atomic E-state index is 14.0. The van der Waals surface area contributed by atoms with Gasteiger partial charge in [-0.1, -0.05) is 6.92 Å². The first-order chi connectivity index (χ1) is 14.1. The van der Waals surface area contributed by atoms with Crippen molar-refractivity contribution in [2.24, 2.45) is 0 Å². The van der Waals surface area contributed by atoms with Crippen molar-refractivity contribution in [3.63, 3.8) is 0 Å². The number of hydrogen-bond acceptors (Lipinski definition) is 4. The first kappa shape index (κ1) is 23.3. The van der Waals surface area contributed by atoms with Crippen LogP contribution < -0.4 is 15.4 Å². The molecule has 2 rings (SSSR count). The van der Waals surface area contributed by atoms with Crippen molar-refractivity contribution < 1.29 is 26.4 Å². The Hall–Kier alpha value is -3.01. The number of anilines is 2. The molecule has 0 aliphatic heterocycles. The number of rotatable bonds is 9. The lowest BCUT2D eigenvalue weighted by molar-refractivity contribution is -0.116. The SMILES string of the molecule is CCCNc1cc(F)ccc1/C=C/C(=O)NCc1cc(F)c(NS(C)(=O)=O)c(F)c1. The molecule has 0 fully saturated rings. The lowest BCUT2D eigenvalue weighted by Gasteiger charge is -2.10. The first-order valence-corrected chi connectivity index (χ1v) is 10.9. The summed E-state index contributed by atoms with van der Waals surface area (Å²) in [5.41, 5.74) is 0.473. The summed E-state index contributed by atoms with van der Waals surface area (Å²) in [4.78, 5) is 12.0. The maximum atomic E-state index is 14.0. The Bertz CT molecular complexity index is 1030. The summed E-state index contributed by atoms with van der Waals surface area (Å²) in [7, 11) is -3.84. The van der Waals surface area contributed by atoms with E-state index in [0.29, 0.717) is 17.8 Å². The molecule has 0 aliphatic carbocycles. The molecule has 0 spiro atoms. The van der Waals surface area contributed by atoms with Gasteiger partial charge in [0.25, 0.3) is 0 Å². The van der Waals surface area contributed by atoms with Crippen LogP contribution in [0.25, 0.3) is 6.08 Å². The van der Waals surface area contributed by atoms with E-state index >= 15 is 0 Å². The second kappa shape index (κ2) is 10.1. The van der Waals surface area contributed by atoms with Crippen molar-refractivity contribution in [3.05, 3.63) is 65.0 Å². The molecule has 1 amide bonds. The Kier molecular flexibility index (Phi) is 7.87. The Morgan fingerprint density at radius 1 is 1.10 bits per heavy atom. The zero-order valence-electron chi connectivity index (χ0n) is 16.4. The summed E-state index contributed by atoms with van der Waals surface area (Å²) in [6.07, 6.45) is 4.33. The molecule has 2 aromatic rings. The molecular formula is C20H22F3N3O3S. The van der Waals surface area contributed by atoms with Gasteiger partial charge < -0.3 is 10.6 Å². The van der Waals surface area contributed by atoms with Crippen LogP contribution in [0.15, 0.2) is 36.4 Å². The zero-order chi connectivity index (χ0) is 22.3. The van der Waals surface area contributed by atoms with Gasteiger partial charge in [-0.25, -0.2) is 21.6 Å². The average Bonchev–Trinajstić information content (AvgIpc) is 2.66. The van der Waals surface area contributed by atoms with Crippen LogP contribution in [-0.2, 0) is 21.4 Å². The second-order valence-electron chi connectivity index (χ2n) is 6.52. The molecule has 0 saturated heterocycles. The Balaban J connectivity index is 2.05. The van der Waals surface area contributed by atoms with Gasteiger partial charge in [0.2, 0.25) is 15.9 Å². The van der Waals surface area contributed by atoms with Gasteiger partial charge in [0.1, 0.15) is 11.5 Å². The molecule has 10 heteroatoms. The van der Waals surface area contributed by atoms with E-state index in [1.165, 1.54) is 30.4 Å². The third-order valence-electron chi connectivity index (χ3n) is 3.85. The largest absolute Gasteiger partial charge is 0.384 e. The summed E-state index contributed by atoms with van der Waals surface area (Å²) >= 11 is 0. The van der Waals surface area contributed by atoms with Crippen LogP contribution in [-0.4, -0.2) is 27.1 Å². The predicted molar refractivity (Wildman–Crippen MR) is 111 cm³/mol. The lowest BCUT2D eigenvalue weighted by Crippen LogP contribution is -2.21. The standard InChI is InChI=1S/C20H22F3N3O3S/c1-3-8-24-18-11-15(21)6-4-14(18)5-7-19(27)25-12-13-9-16(22)20(17(23)10-13)26-30(2,28)29/h4-7,9-11,24,26H,3,8,12H2,1-2H3,(H,25,27)/b7-5+. The highest BCUT2D eigenvalue weighted by molar-refractivity contribution is 7.92. The quantitative estimate of drug-likeness (QED) is 0.519. The monoisotopic (exact) mass is 441 g/mol. The Morgan fingerprint density at radius 3 is 2.37 bits per heavy atom. The van der Waals surface area contributed by atoms with Crippen molar-refractivity contribution in [1.29, 1.82) is 0 Å². The minimum Gasteiger partial charge on any atom is -0.384 e. The topological polar surface area (TPSA) is 87.3 Å². The first-order valence-electron chi connectivity index (χ1n) is 9.04. The van der Waals surface area contributed by atoms with Crippen molar-refractivity contribution in [3.8, 4) is 0 Å². The highest BCUT2D eigenvalue weighted by atomic mass is 32.2. The normalized spacial score (nSPS) is 11.5. The number of carbonyl (C=O) groups is 1. The summed E-state index contributed by atoms with van der Waals surface area (Å²) in [6.45, 7) is 2.42. The van der Waals surface area contributed by atoms with Gasteiger partial charge in [-0.2, -0.15) is 0 Å². The fraction of sp³-hybridized carbons (Fsp3) is 0.250. The average molecular weight is 441 g/mol. The van der Waals surface area contributed by atoms with E-state index in [4.69, 9.17) is 0 Å². The number of benzene rings is 2. The lowest BCUT2D eigenvalue weighted by atomic mass is 10.1. The number of carbonyl (C=O) groups excluding carboxylic acids is 1. The fourth-order valence-electron chi connectivity index (χ4n) is 2.51. The number of nitrogens with one attached hydrogen (secondary N) is 3. The van der Waals surface area contributed by atoms with Crippen molar-refractivity contribution in [2.75, 3.05) is 22.8 Å². The second-order valence-corrected chi connectivity index (χ2v) is 8.27. The smallest absolute Gasteiger partial charge is 0.244 e. The van der Waals surface area contributed by atoms with Gasteiger partial charge >= 0.3 is 0 Å². The van der Waals surface area contributed by atoms with Crippen molar-refractivity contribution in [2.45, 2.75) is 19.9 Å². The number of amides is 1. The predicted octanol–water partition coefficient (Wildman–Crippen LogP) is 3.63. The maximum Gasteiger partial charge on any atom is 0.244 e. The molecule has 0 saturated carbocycles. The van der Waals surface area contributed by atoms with Crippen LogP contribution in [0.5, 0.6) is 0 Å². The van der Waals surface area contributed by atoms with Crippen molar-refractivity contribution >= 4 is 33.4 Å². The summed E-state index contributed by atoms with van der Waals surface area (Å²) in [5.74, 6) is -3.13. The molecule has 0 heterocycles. The Morgan fingerprint density at radius 2 is 1.77 bits per heavy atom. The van der Waals surface area contributed by atoms with E-state index in [2.05, 4.69) is 10.6 Å². The van der Waals surface area contributed by atoms with Crippen LogP contribution in [0, 0.1) is 17.5 Å². The highest BCUT2D eigenvalue weighted by Gasteiger charge is 2.15. The van der Waals surface area contributed by atoms with Crippen LogP contribution >= 0.6 is 0 Å². The fourth-order valence-corrected chi connectivity index (χ4v) is 3.08. The van der Waals surface area contributed by atoms with Gasteiger partial charge in [-0.05, 0) is 54.0 Å². The van der Waals surface area contributed by atoms with E-state index < -0.39 is 39.1 Å². The molecule has 0 aromatic heterocycles. The van der Waals surface area contributed by atoms with Gasteiger partial charge in [-0.3, -0.25) is 9.52 Å². The van der Waals surface area contributed by atoms with E-state index in [9.17, 15) is 26.4 Å². The van der Waals surface area contributed by atoms with Crippen LogP contribution in [0.3, 0.4) is 0 Å². The minimum atomic E-state index is -3.84. The molecule has 0 unspecified atom stereocenters. The Labute approximate surface area is 173 Å². The van der Waals surface area contributed by atoms with Gasteiger partial charge in [-0.15, -0.1) is 0 Å². The van der Waals surface area contributed by atoms with Crippen LogP contribution in [0.4, 0.5) is 24.5 Å². The molecule has 162 valence electrons. The van der Waals surface area contributed by atoms with E-state index in [-0.39, 0.29) is 12.1 Å². The third-order valence-corrected chi connectivity index (χ3v) is 4.43. The van der Waals surface area contributed by atoms with E-state index in [0.717, 1.165) is 24.8 Å². The molecule has 0 aliphatic rings. The zero-order valence-corrected chi connectivity index (χ0v) is 17.2. The third kappa shape index (κ3) is 7.11. The number of hydrogen-bond donors (Lipinski definition) is 3. The summed E-state index contributed by atoms with van der Waals surface area (Å²) < 4.78 is 65.5. The molecular weight excluding hydrogens is 419 g/mol. The number of halogens is 3. The van der Waals surface area contributed by atoms with E-state index in [1.807, 2.05) is 6.92 Å². The molecule has 0 bridgehead atoms. The van der Waals surface area contributed by atoms with Crippen molar-refractivity contribution in [1.82, 2.24) is 5.32 Å². The van der Waals surface area contributed by atoms with Gasteiger partial charge in [0, 0.05) is 24.9 Å². The van der Waals surface area contributed by atoms with Crippen LogP contribution in [0.2, 0.25) is 0 Å². The minimum absolute atomic E-state index is 0.109. The summed E-state index contributed by atoms with van der Waals surface area (Å²) in [5, 5.41) is 5.54. The van der Waals surface area contributed by atoms with Gasteiger partial charge in [0.15, 0.2) is 11.6 Å². The van der Waals surface area contributed by atoms with Crippen LogP contribution in [0.1, 0.15) is 24.5 Å². The molecule has 0 atom stereocenters. The highest BCUT2D eigenvalue weighted by Crippen LogP contribution is 2.22. The molecule has 6 nitrogen and oxygen atoms in total. The molecule has 30 heavy (non-hydrogen) atoms. The summed E-state index contributed by atoms with van der Waals surface area (Å²) in [6, 6.07) is 5.97. The van der Waals surface area contributed by atoms with Gasteiger partial charge in [0.05, 0.1) is 6.26 Å². The molecule has 3 N–H and O–H groups in total. The number of sulfonamides is 1. The van der Waals surface area contributed by atoms with E-state index in [1.54, 1.807) is 4.72 Å². The molecule has 2 aromatic carbocycles. The molecule has 0 radical (unpaired) electrons.